The second-order valence-electron chi connectivity index (χ2n) is 9.29. The van der Waals surface area contributed by atoms with Gasteiger partial charge in [0.15, 0.2) is 5.78 Å². The first kappa shape index (κ1) is 24.8. The van der Waals surface area contributed by atoms with Crippen LogP contribution in [-0.4, -0.2) is 76.9 Å². The molecule has 3 aliphatic rings. The van der Waals surface area contributed by atoms with Crippen molar-refractivity contribution >= 4 is 29.4 Å². The van der Waals surface area contributed by atoms with E-state index in [0.717, 1.165) is 4.90 Å². The molecule has 34 heavy (non-hydrogen) atoms. The summed E-state index contributed by atoms with van der Waals surface area (Å²) in [6.07, 6.45) is -1.20. The zero-order valence-corrected chi connectivity index (χ0v) is 19.5. The Morgan fingerprint density at radius 1 is 1.26 bits per heavy atom. The Morgan fingerprint density at radius 3 is 2.44 bits per heavy atom. The third-order valence-corrected chi connectivity index (χ3v) is 7.73. The second-order valence-corrected chi connectivity index (χ2v) is 9.70. The number of Topliss-reactive ketones (excluding diaryl/α,β-unsaturated/α-hetero) is 1. The number of halogens is 4. The number of alkyl halides is 2. The van der Waals surface area contributed by atoms with Gasteiger partial charge >= 0.3 is 6.09 Å². The molecule has 2 N–H and O–H groups in total. The Labute approximate surface area is 200 Å². The largest absolute Gasteiger partial charge is 0.465 e. The number of likely N-dealkylation sites (tertiary alicyclic amines) is 1. The summed E-state index contributed by atoms with van der Waals surface area (Å²) >= 11 is 5.83. The molecule has 1 saturated carbocycles. The number of hydrogen-bond donors (Lipinski definition) is 2. The number of hydrogen-bond acceptors (Lipinski definition) is 4. The lowest BCUT2D eigenvalue weighted by Gasteiger charge is -2.44. The summed E-state index contributed by atoms with van der Waals surface area (Å²) in [5.74, 6) is -6.99. The number of ketones is 1. The monoisotopic (exact) mass is 501 g/mol. The number of carbonyl (C=O) groups excluding carboxylic acids is 2. The van der Waals surface area contributed by atoms with Crippen molar-refractivity contribution in [3.63, 3.8) is 0 Å². The van der Waals surface area contributed by atoms with E-state index in [2.05, 4.69) is 5.32 Å². The zero-order valence-electron chi connectivity index (χ0n) is 18.7. The van der Waals surface area contributed by atoms with Gasteiger partial charge < -0.3 is 15.3 Å². The van der Waals surface area contributed by atoms with Crippen LogP contribution in [0.4, 0.5) is 18.0 Å². The first-order chi connectivity index (χ1) is 16.0. The quantitative estimate of drug-likeness (QED) is 0.624. The molecule has 0 bridgehead atoms. The maximum Gasteiger partial charge on any atom is 0.408 e. The minimum absolute atomic E-state index is 0.0451. The van der Waals surface area contributed by atoms with Crippen molar-refractivity contribution in [3.8, 4) is 0 Å². The minimum atomic E-state index is -2.95. The third-order valence-electron chi connectivity index (χ3n) is 7.42. The molecule has 4 rings (SSSR count). The van der Waals surface area contributed by atoms with Crippen LogP contribution in [0.25, 0.3) is 0 Å². The SMILES string of the molecule is CCN(C(=O)O)[C@]1(C(=O)C2CCN(C(=O)C3CC3(F)F)CC2)CNC[C@H]1c1ccc(Cl)c(F)c1. The fourth-order valence-electron chi connectivity index (χ4n) is 5.50. The molecule has 2 aliphatic heterocycles. The van der Waals surface area contributed by atoms with Crippen LogP contribution in [0.2, 0.25) is 5.02 Å². The molecule has 1 aromatic carbocycles. The molecule has 1 unspecified atom stereocenters. The minimum Gasteiger partial charge on any atom is -0.465 e. The predicted octanol–water partition coefficient (Wildman–Crippen LogP) is 3.37. The van der Waals surface area contributed by atoms with E-state index in [0.29, 0.717) is 5.56 Å². The molecule has 1 aliphatic carbocycles. The number of nitrogens with zero attached hydrogens (tertiary/aromatic N) is 2. The molecule has 2 saturated heterocycles. The summed E-state index contributed by atoms with van der Waals surface area (Å²) < 4.78 is 40.9. The molecule has 0 aromatic heterocycles. The maximum absolute atomic E-state index is 14.3. The Bertz CT molecular complexity index is 1000. The lowest BCUT2D eigenvalue weighted by atomic mass is 9.71. The summed E-state index contributed by atoms with van der Waals surface area (Å²) in [5.41, 5.74) is -1.01. The summed E-state index contributed by atoms with van der Waals surface area (Å²) in [5, 5.41) is 13.0. The highest BCUT2D eigenvalue weighted by Gasteiger charge is 2.62. The highest BCUT2D eigenvalue weighted by Crippen LogP contribution is 2.50. The number of amides is 2. The Balaban J connectivity index is 1.60. The van der Waals surface area contributed by atoms with Gasteiger partial charge in [0.1, 0.15) is 17.3 Å². The second kappa shape index (κ2) is 9.03. The van der Waals surface area contributed by atoms with Crippen LogP contribution in [0.15, 0.2) is 18.2 Å². The van der Waals surface area contributed by atoms with Gasteiger partial charge in [0, 0.05) is 51.0 Å². The van der Waals surface area contributed by atoms with Gasteiger partial charge in [0.2, 0.25) is 5.91 Å². The van der Waals surface area contributed by atoms with Crippen LogP contribution >= 0.6 is 11.6 Å². The van der Waals surface area contributed by atoms with Crippen LogP contribution < -0.4 is 5.32 Å². The number of piperidine rings is 1. The summed E-state index contributed by atoms with van der Waals surface area (Å²) in [6.45, 7) is 2.33. The summed E-state index contributed by atoms with van der Waals surface area (Å²) in [6, 6.07) is 4.21. The Hall–Kier alpha value is -2.33. The van der Waals surface area contributed by atoms with Crippen molar-refractivity contribution in [1.82, 2.24) is 15.1 Å². The van der Waals surface area contributed by atoms with E-state index < -0.39 is 53.5 Å². The normalized spacial score (nSPS) is 28.6. The molecule has 2 heterocycles. The number of benzene rings is 1. The van der Waals surface area contributed by atoms with E-state index in [1.165, 1.54) is 17.0 Å². The van der Waals surface area contributed by atoms with Crippen molar-refractivity contribution in [1.29, 1.82) is 0 Å². The molecule has 0 radical (unpaired) electrons. The molecule has 186 valence electrons. The smallest absolute Gasteiger partial charge is 0.408 e. The van der Waals surface area contributed by atoms with Crippen LogP contribution in [0, 0.1) is 17.7 Å². The van der Waals surface area contributed by atoms with Gasteiger partial charge in [-0.15, -0.1) is 0 Å². The number of rotatable bonds is 6. The average molecular weight is 502 g/mol. The van der Waals surface area contributed by atoms with E-state index in [1.54, 1.807) is 13.0 Å². The van der Waals surface area contributed by atoms with Gasteiger partial charge in [-0.1, -0.05) is 17.7 Å². The van der Waals surface area contributed by atoms with Gasteiger partial charge in [0.05, 0.1) is 5.02 Å². The lowest BCUT2D eigenvalue weighted by molar-refractivity contribution is -0.141. The standard InChI is InChI=1S/C23H27ClF3N3O4/c1-2-30(21(33)34)22(12-28-11-16(22)14-3-4-17(24)18(25)9-14)19(31)13-5-7-29(8-6-13)20(32)15-10-23(15,26)27/h3-4,9,13,15-16,28H,2,5-8,10-12H2,1H3,(H,33,34)/t15?,16-,22+/m0/s1. The van der Waals surface area contributed by atoms with Gasteiger partial charge in [-0.05, 0) is 37.5 Å². The molecular weight excluding hydrogens is 475 g/mol. The van der Waals surface area contributed by atoms with Crippen LogP contribution in [0.1, 0.15) is 37.7 Å². The zero-order chi connectivity index (χ0) is 24.8. The van der Waals surface area contributed by atoms with Crippen molar-refractivity contribution in [2.75, 3.05) is 32.7 Å². The first-order valence-corrected chi connectivity index (χ1v) is 11.8. The Morgan fingerprint density at radius 2 is 1.91 bits per heavy atom. The highest BCUT2D eigenvalue weighted by atomic mass is 35.5. The van der Waals surface area contributed by atoms with E-state index >= 15 is 0 Å². The van der Waals surface area contributed by atoms with E-state index in [9.17, 15) is 32.7 Å². The van der Waals surface area contributed by atoms with Crippen molar-refractivity contribution < 1.29 is 32.7 Å². The van der Waals surface area contributed by atoms with Crippen molar-refractivity contribution in [3.05, 3.63) is 34.6 Å². The Kier molecular flexibility index (Phi) is 6.58. The molecule has 11 heteroatoms. The third kappa shape index (κ3) is 4.15. The number of carboxylic acid groups (broad SMARTS) is 1. The molecule has 2 amide bonds. The summed E-state index contributed by atoms with van der Waals surface area (Å²) in [4.78, 5) is 41.0. The van der Waals surface area contributed by atoms with E-state index in [-0.39, 0.29) is 56.4 Å². The topological polar surface area (TPSA) is 90.0 Å². The molecule has 7 nitrogen and oxygen atoms in total. The molecule has 3 fully saturated rings. The number of carbonyl (C=O) groups is 3. The van der Waals surface area contributed by atoms with Crippen molar-refractivity contribution in [2.45, 2.75) is 43.6 Å². The fourth-order valence-corrected chi connectivity index (χ4v) is 5.62. The molecule has 0 spiro atoms. The van der Waals surface area contributed by atoms with E-state index in [4.69, 9.17) is 11.6 Å². The molecule has 1 aromatic rings. The van der Waals surface area contributed by atoms with Gasteiger partial charge in [-0.3, -0.25) is 14.5 Å². The van der Waals surface area contributed by atoms with E-state index in [1.807, 2.05) is 0 Å². The van der Waals surface area contributed by atoms with Gasteiger partial charge in [-0.2, -0.15) is 0 Å². The number of likely N-dealkylation sites (N-methyl/N-ethyl adjacent to an activating group) is 1. The lowest BCUT2D eigenvalue weighted by Crippen LogP contribution is -2.63. The maximum atomic E-state index is 14.3. The first-order valence-electron chi connectivity index (χ1n) is 11.4. The highest BCUT2D eigenvalue weighted by molar-refractivity contribution is 6.30. The van der Waals surface area contributed by atoms with Crippen molar-refractivity contribution in [2.24, 2.45) is 11.8 Å². The summed E-state index contributed by atoms with van der Waals surface area (Å²) in [7, 11) is 0. The number of nitrogens with one attached hydrogen (secondary N) is 1. The van der Waals surface area contributed by atoms with Gasteiger partial charge in [-0.25, -0.2) is 18.0 Å². The van der Waals surface area contributed by atoms with Crippen LogP contribution in [0.5, 0.6) is 0 Å². The molecular formula is C23H27ClF3N3O4. The van der Waals surface area contributed by atoms with Crippen LogP contribution in [0.3, 0.4) is 0 Å². The fraction of sp³-hybridized carbons (Fsp3) is 0.609. The van der Waals surface area contributed by atoms with Gasteiger partial charge in [0.25, 0.3) is 5.92 Å². The average Bonchev–Trinajstić information content (AvgIpc) is 3.23. The molecule has 3 atom stereocenters. The van der Waals surface area contributed by atoms with Crippen LogP contribution in [-0.2, 0) is 9.59 Å². The predicted molar refractivity (Wildman–Crippen MR) is 118 cm³/mol.